The van der Waals surface area contributed by atoms with Crippen molar-refractivity contribution in [3.63, 3.8) is 0 Å². The second-order valence-electron chi connectivity index (χ2n) is 6.92. The van der Waals surface area contributed by atoms with Gasteiger partial charge in [-0.1, -0.05) is 12.1 Å². The molecule has 0 saturated carbocycles. The summed E-state index contributed by atoms with van der Waals surface area (Å²) in [4.78, 5) is 14.5. The van der Waals surface area contributed by atoms with Crippen LogP contribution in [0.15, 0.2) is 24.3 Å². The van der Waals surface area contributed by atoms with Crippen LogP contribution in [0.3, 0.4) is 0 Å². The molecule has 2 fully saturated rings. The number of nitrogens with zero attached hydrogens (tertiary/aromatic N) is 1. The molecule has 0 bridgehead atoms. The smallest absolute Gasteiger partial charge is 0.234 e. The number of hydrogen-bond acceptors (Lipinski definition) is 4. The summed E-state index contributed by atoms with van der Waals surface area (Å²) < 4.78 is 10.8. The van der Waals surface area contributed by atoms with Crippen molar-refractivity contribution in [3.8, 4) is 5.75 Å². The van der Waals surface area contributed by atoms with E-state index in [1.54, 1.807) is 7.11 Å². The van der Waals surface area contributed by atoms with E-state index in [0.29, 0.717) is 25.0 Å². The Morgan fingerprint density at radius 2 is 2.17 bits per heavy atom. The van der Waals surface area contributed by atoms with Gasteiger partial charge in [0.05, 0.1) is 19.8 Å². The lowest BCUT2D eigenvalue weighted by atomic mass is 9.97. The largest absolute Gasteiger partial charge is 0.497 e. The molecule has 1 N–H and O–H groups in total. The van der Waals surface area contributed by atoms with Gasteiger partial charge < -0.3 is 14.8 Å². The maximum Gasteiger partial charge on any atom is 0.234 e. The molecule has 2 saturated heterocycles. The predicted molar refractivity (Wildman–Crippen MR) is 93.4 cm³/mol. The number of carbonyl (C=O) groups excluding carboxylic acids is 1. The summed E-state index contributed by atoms with van der Waals surface area (Å²) >= 11 is 0. The zero-order valence-electron chi connectivity index (χ0n) is 14.7. The molecule has 0 aromatic heterocycles. The van der Waals surface area contributed by atoms with Crippen LogP contribution in [-0.2, 0) is 9.53 Å². The Kier molecular flexibility index (Phi) is 5.74. The minimum atomic E-state index is 0.104. The zero-order chi connectivity index (χ0) is 16.9. The van der Waals surface area contributed by atoms with E-state index in [2.05, 4.69) is 29.3 Å². The second kappa shape index (κ2) is 7.99. The number of likely N-dealkylation sites (tertiary alicyclic amines) is 1. The highest BCUT2D eigenvalue weighted by molar-refractivity contribution is 5.78. The molecule has 0 unspecified atom stereocenters. The maximum absolute atomic E-state index is 12.2. The summed E-state index contributed by atoms with van der Waals surface area (Å²) in [6, 6.07) is 8.72. The third-order valence-electron chi connectivity index (χ3n) is 5.19. The Labute approximate surface area is 144 Å². The van der Waals surface area contributed by atoms with E-state index in [1.807, 2.05) is 12.1 Å². The van der Waals surface area contributed by atoms with Gasteiger partial charge >= 0.3 is 0 Å². The summed E-state index contributed by atoms with van der Waals surface area (Å²) in [5, 5.41) is 3.02. The lowest BCUT2D eigenvalue weighted by molar-refractivity contribution is -0.122. The summed E-state index contributed by atoms with van der Waals surface area (Å²) in [7, 11) is 1.68. The minimum absolute atomic E-state index is 0.104. The fraction of sp³-hybridized carbons (Fsp3) is 0.632. The highest BCUT2D eigenvalue weighted by Crippen LogP contribution is 2.32. The van der Waals surface area contributed by atoms with Crippen molar-refractivity contribution < 1.29 is 14.3 Å². The van der Waals surface area contributed by atoms with E-state index in [1.165, 1.54) is 5.56 Å². The van der Waals surface area contributed by atoms with E-state index in [4.69, 9.17) is 9.47 Å². The van der Waals surface area contributed by atoms with Gasteiger partial charge in [-0.15, -0.1) is 0 Å². The number of benzene rings is 1. The first-order valence-electron chi connectivity index (χ1n) is 8.92. The third-order valence-corrected chi connectivity index (χ3v) is 5.19. The predicted octanol–water partition coefficient (Wildman–Crippen LogP) is 2.17. The summed E-state index contributed by atoms with van der Waals surface area (Å²) in [6.07, 6.45) is 3.45. The normalized spacial score (nSPS) is 27.3. The fourth-order valence-corrected chi connectivity index (χ4v) is 3.71. The molecule has 2 aliphatic rings. The number of nitrogens with one attached hydrogen (secondary N) is 1. The van der Waals surface area contributed by atoms with Crippen LogP contribution in [0.4, 0.5) is 0 Å². The first-order chi connectivity index (χ1) is 11.7. The lowest BCUT2D eigenvalue weighted by Crippen LogP contribution is -2.41. The van der Waals surface area contributed by atoms with Crippen molar-refractivity contribution in [2.45, 2.75) is 44.2 Å². The lowest BCUT2D eigenvalue weighted by Gasteiger charge is -2.21. The quantitative estimate of drug-likeness (QED) is 0.867. The highest BCUT2D eigenvalue weighted by atomic mass is 16.5. The van der Waals surface area contributed by atoms with E-state index in [9.17, 15) is 4.79 Å². The molecule has 1 aromatic rings. The molecule has 0 radical (unpaired) electrons. The Balaban J connectivity index is 1.48. The number of carbonyl (C=O) groups is 1. The van der Waals surface area contributed by atoms with Crippen molar-refractivity contribution in [2.24, 2.45) is 0 Å². The minimum Gasteiger partial charge on any atom is -0.497 e. The number of amides is 1. The van der Waals surface area contributed by atoms with Gasteiger partial charge in [0, 0.05) is 25.7 Å². The highest BCUT2D eigenvalue weighted by Gasteiger charge is 2.31. The standard InChI is InChI=1S/C19H28N2O3/c1-14-10-16(15-5-7-17(23-2)8-6-15)12-21(14)13-19(22)20-11-18-4-3-9-24-18/h5-8,14,16,18H,3-4,9-13H2,1-2H3,(H,20,22)/t14-,16+,18+/m0/s1. The number of hydrogen-bond donors (Lipinski definition) is 1. The molecule has 2 aliphatic heterocycles. The van der Waals surface area contributed by atoms with Crippen LogP contribution in [0.5, 0.6) is 5.75 Å². The molecule has 24 heavy (non-hydrogen) atoms. The van der Waals surface area contributed by atoms with E-state index in [0.717, 1.165) is 38.2 Å². The van der Waals surface area contributed by atoms with Crippen LogP contribution >= 0.6 is 0 Å². The molecule has 2 heterocycles. The molecule has 5 nitrogen and oxygen atoms in total. The Morgan fingerprint density at radius 3 is 2.83 bits per heavy atom. The van der Waals surface area contributed by atoms with Crippen LogP contribution in [0.1, 0.15) is 37.7 Å². The number of rotatable bonds is 6. The average molecular weight is 332 g/mol. The van der Waals surface area contributed by atoms with Gasteiger partial charge in [-0.3, -0.25) is 9.69 Å². The van der Waals surface area contributed by atoms with Crippen LogP contribution < -0.4 is 10.1 Å². The fourth-order valence-electron chi connectivity index (χ4n) is 3.71. The first kappa shape index (κ1) is 17.2. The Hall–Kier alpha value is -1.59. The van der Waals surface area contributed by atoms with Crippen molar-refractivity contribution in [2.75, 3.05) is 33.4 Å². The van der Waals surface area contributed by atoms with Crippen LogP contribution in [0.25, 0.3) is 0 Å². The first-order valence-corrected chi connectivity index (χ1v) is 8.92. The van der Waals surface area contributed by atoms with Gasteiger partial charge in [0.2, 0.25) is 5.91 Å². The summed E-state index contributed by atoms with van der Waals surface area (Å²) in [5.74, 6) is 1.47. The molecule has 0 aliphatic carbocycles. The van der Waals surface area contributed by atoms with Gasteiger partial charge in [0.15, 0.2) is 0 Å². The molecule has 0 spiro atoms. The van der Waals surface area contributed by atoms with E-state index < -0.39 is 0 Å². The number of methoxy groups -OCH3 is 1. The van der Waals surface area contributed by atoms with Crippen molar-refractivity contribution >= 4 is 5.91 Å². The molecular formula is C19H28N2O3. The zero-order valence-corrected chi connectivity index (χ0v) is 14.7. The Morgan fingerprint density at radius 1 is 1.38 bits per heavy atom. The van der Waals surface area contributed by atoms with Gasteiger partial charge in [-0.05, 0) is 49.8 Å². The molecule has 1 amide bonds. The monoisotopic (exact) mass is 332 g/mol. The van der Waals surface area contributed by atoms with E-state index in [-0.39, 0.29) is 12.0 Å². The molecule has 1 aromatic carbocycles. The Bertz CT molecular complexity index is 540. The topological polar surface area (TPSA) is 50.8 Å². The van der Waals surface area contributed by atoms with Crippen LogP contribution in [-0.4, -0.2) is 56.3 Å². The number of ether oxygens (including phenoxy) is 2. The van der Waals surface area contributed by atoms with Crippen molar-refractivity contribution in [3.05, 3.63) is 29.8 Å². The SMILES string of the molecule is COc1ccc([C@@H]2C[C@H](C)N(CC(=O)NC[C@H]3CCCO3)C2)cc1. The molecular weight excluding hydrogens is 304 g/mol. The van der Waals surface area contributed by atoms with E-state index >= 15 is 0 Å². The van der Waals surface area contributed by atoms with Crippen molar-refractivity contribution in [1.82, 2.24) is 10.2 Å². The summed E-state index contributed by atoms with van der Waals surface area (Å²) in [5.41, 5.74) is 1.32. The van der Waals surface area contributed by atoms with Crippen LogP contribution in [0.2, 0.25) is 0 Å². The summed E-state index contributed by atoms with van der Waals surface area (Å²) in [6.45, 7) is 5.08. The van der Waals surface area contributed by atoms with Gasteiger partial charge in [-0.25, -0.2) is 0 Å². The van der Waals surface area contributed by atoms with Crippen molar-refractivity contribution in [1.29, 1.82) is 0 Å². The van der Waals surface area contributed by atoms with Gasteiger partial charge in [0.1, 0.15) is 5.75 Å². The molecule has 3 atom stereocenters. The average Bonchev–Trinajstić information content (AvgIpc) is 3.23. The molecule has 3 rings (SSSR count). The molecule has 132 valence electrons. The molecule has 5 heteroatoms. The maximum atomic E-state index is 12.2. The van der Waals surface area contributed by atoms with Crippen LogP contribution in [0, 0.1) is 0 Å². The van der Waals surface area contributed by atoms with Gasteiger partial charge in [0.25, 0.3) is 0 Å². The van der Waals surface area contributed by atoms with Gasteiger partial charge in [-0.2, -0.15) is 0 Å². The third kappa shape index (κ3) is 4.28. The second-order valence-corrected chi connectivity index (χ2v) is 6.92.